The van der Waals surface area contributed by atoms with E-state index in [1.807, 2.05) is 29.6 Å². The highest BCUT2D eigenvalue weighted by Gasteiger charge is 2.26. The van der Waals surface area contributed by atoms with Crippen LogP contribution in [0.3, 0.4) is 0 Å². The molecule has 1 aliphatic carbocycles. The highest BCUT2D eigenvalue weighted by atomic mass is 32.2. The molecule has 1 aromatic carbocycles. The number of rotatable bonds is 6. The monoisotopic (exact) mass is 372 g/mol. The Balaban J connectivity index is 1.45. The van der Waals surface area contributed by atoms with Crippen molar-refractivity contribution in [3.05, 3.63) is 52.6 Å². The van der Waals surface area contributed by atoms with Crippen molar-refractivity contribution in [2.24, 2.45) is 0 Å². The molecule has 1 saturated carbocycles. The highest BCUT2D eigenvalue weighted by molar-refractivity contribution is 7.98. The Morgan fingerprint density at radius 3 is 2.96 bits per heavy atom. The largest absolute Gasteiger partial charge is 0.338 e. The van der Waals surface area contributed by atoms with Crippen LogP contribution in [0.1, 0.15) is 46.5 Å². The van der Waals surface area contributed by atoms with Gasteiger partial charge in [0.25, 0.3) is 5.91 Å². The van der Waals surface area contributed by atoms with E-state index in [1.54, 1.807) is 6.92 Å². The number of thiazole rings is 1. The summed E-state index contributed by atoms with van der Waals surface area (Å²) in [6.45, 7) is 1.78. The van der Waals surface area contributed by atoms with E-state index in [9.17, 15) is 4.79 Å². The molecule has 0 aliphatic heterocycles. The van der Waals surface area contributed by atoms with Gasteiger partial charge >= 0.3 is 0 Å². The van der Waals surface area contributed by atoms with Crippen molar-refractivity contribution in [2.45, 2.75) is 36.3 Å². The Labute approximate surface area is 153 Å². The number of amides is 1. The molecule has 3 aromatic rings. The van der Waals surface area contributed by atoms with E-state index in [1.165, 1.54) is 35.9 Å². The van der Waals surface area contributed by atoms with Gasteiger partial charge in [-0.25, -0.2) is 4.98 Å². The van der Waals surface area contributed by atoms with Gasteiger partial charge in [0.1, 0.15) is 0 Å². The number of carbonyl (C=O) groups is 1. The summed E-state index contributed by atoms with van der Waals surface area (Å²) < 4.78 is 5.12. The summed E-state index contributed by atoms with van der Waals surface area (Å²) >= 11 is 2.97. The minimum absolute atomic E-state index is 0.151. The first-order valence-electron chi connectivity index (χ1n) is 7.97. The fourth-order valence-electron chi connectivity index (χ4n) is 2.39. The lowest BCUT2D eigenvalue weighted by molar-refractivity contribution is 0.102. The van der Waals surface area contributed by atoms with E-state index in [2.05, 4.69) is 20.4 Å². The maximum absolute atomic E-state index is 12.6. The predicted molar refractivity (Wildman–Crippen MR) is 97.1 cm³/mol. The highest BCUT2D eigenvalue weighted by Crippen LogP contribution is 2.41. The zero-order chi connectivity index (χ0) is 17.2. The average Bonchev–Trinajstić information content (AvgIpc) is 3.23. The molecule has 0 atom stereocenters. The molecular weight excluding hydrogens is 356 g/mol. The number of aromatic nitrogens is 3. The molecule has 0 saturated heterocycles. The van der Waals surface area contributed by atoms with E-state index >= 15 is 0 Å². The smallest absolute Gasteiger partial charge is 0.258 e. The van der Waals surface area contributed by atoms with Gasteiger partial charge in [0, 0.05) is 16.2 Å². The lowest BCUT2D eigenvalue weighted by Crippen LogP contribution is -2.12. The fraction of sp³-hybridized carbons (Fsp3) is 0.294. The Morgan fingerprint density at radius 1 is 1.36 bits per heavy atom. The van der Waals surface area contributed by atoms with Crippen molar-refractivity contribution < 1.29 is 9.32 Å². The molecule has 0 spiro atoms. The van der Waals surface area contributed by atoms with Gasteiger partial charge in [-0.05, 0) is 31.9 Å². The van der Waals surface area contributed by atoms with Crippen LogP contribution in [-0.4, -0.2) is 21.0 Å². The summed E-state index contributed by atoms with van der Waals surface area (Å²) in [7, 11) is 0. The van der Waals surface area contributed by atoms with Crippen LogP contribution in [0.5, 0.6) is 0 Å². The second-order valence-corrected chi connectivity index (χ2v) is 7.70. The first-order chi connectivity index (χ1) is 12.2. The summed E-state index contributed by atoms with van der Waals surface area (Å²) in [4.78, 5) is 22.2. The number of anilines is 1. The maximum Gasteiger partial charge on any atom is 0.258 e. The predicted octanol–water partition coefficient (Wildman–Crippen LogP) is 4.26. The number of nitrogens with zero attached hydrogens (tertiary/aromatic N) is 3. The molecule has 8 heteroatoms. The first-order valence-corrected chi connectivity index (χ1v) is 9.83. The van der Waals surface area contributed by atoms with Crippen LogP contribution in [0.25, 0.3) is 0 Å². The fourth-order valence-corrected chi connectivity index (χ4v) is 4.07. The third-order valence-corrected chi connectivity index (χ3v) is 5.62. The minimum Gasteiger partial charge on any atom is -0.338 e. The molecule has 0 bridgehead atoms. The lowest BCUT2D eigenvalue weighted by atomic mass is 10.2. The summed E-state index contributed by atoms with van der Waals surface area (Å²) in [5.41, 5.74) is 1.71. The number of benzene rings is 1. The standard InChI is InChI=1S/C17H16N4O2S2/c1-10-18-15(23-21-10)9-24-14-5-3-2-4-12(14)16(22)20-17-19-13(8-25-17)11-6-7-11/h2-5,8,11H,6-7,9H2,1H3,(H,19,20,22). The van der Waals surface area contributed by atoms with E-state index < -0.39 is 0 Å². The van der Waals surface area contributed by atoms with Crippen LogP contribution in [0.2, 0.25) is 0 Å². The van der Waals surface area contributed by atoms with Gasteiger partial charge in [-0.15, -0.1) is 23.1 Å². The molecule has 6 nitrogen and oxygen atoms in total. The average molecular weight is 372 g/mol. The topological polar surface area (TPSA) is 80.9 Å². The normalized spacial score (nSPS) is 13.8. The van der Waals surface area contributed by atoms with E-state index in [0.717, 1.165) is 10.6 Å². The molecular formula is C17H16N4O2S2. The van der Waals surface area contributed by atoms with Crippen LogP contribution >= 0.6 is 23.1 Å². The molecule has 0 unspecified atom stereocenters. The van der Waals surface area contributed by atoms with Gasteiger partial charge in [-0.2, -0.15) is 4.98 Å². The number of aryl methyl sites for hydroxylation is 1. The number of hydrogen-bond acceptors (Lipinski definition) is 7. The zero-order valence-corrected chi connectivity index (χ0v) is 15.2. The summed E-state index contributed by atoms with van der Waals surface area (Å²) in [6, 6.07) is 7.49. The zero-order valence-electron chi connectivity index (χ0n) is 13.6. The van der Waals surface area contributed by atoms with E-state index in [0.29, 0.717) is 34.1 Å². The Hall–Kier alpha value is -2.19. The van der Waals surface area contributed by atoms with Crippen LogP contribution in [0.15, 0.2) is 39.1 Å². The Kier molecular flexibility index (Phi) is 4.54. The van der Waals surface area contributed by atoms with Gasteiger partial charge in [0.2, 0.25) is 5.89 Å². The first kappa shape index (κ1) is 16.3. The number of thioether (sulfide) groups is 1. The van der Waals surface area contributed by atoms with Gasteiger partial charge in [0.05, 0.1) is 17.0 Å². The van der Waals surface area contributed by atoms with Gasteiger partial charge in [-0.3, -0.25) is 10.1 Å². The molecule has 128 valence electrons. The van der Waals surface area contributed by atoms with Crippen molar-refractivity contribution in [3.63, 3.8) is 0 Å². The van der Waals surface area contributed by atoms with Crippen molar-refractivity contribution in [1.82, 2.24) is 15.1 Å². The maximum atomic E-state index is 12.6. The van der Waals surface area contributed by atoms with Gasteiger partial charge in [-0.1, -0.05) is 17.3 Å². The third kappa shape index (κ3) is 3.91. The van der Waals surface area contributed by atoms with Crippen LogP contribution in [-0.2, 0) is 5.75 Å². The quantitative estimate of drug-likeness (QED) is 0.651. The SMILES string of the molecule is Cc1noc(CSc2ccccc2C(=O)Nc2nc(C3CC3)cs2)n1. The molecule has 4 rings (SSSR count). The molecule has 25 heavy (non-hydrogen) atoms. The number of carbonyl (C=O) groups excluding carboxylic acids is 1. The second-order valence-electron chi connectivity index (χ2n) is 5.83. The van der Waals surface area contributed by atoms with Crippen molar-refractivity contribution in [3.8, 4) is 0 Å². The summed E-state index contributed by atoms with van der Waals surface area (Å²) in [5, 5.41) is 9.37. The van der Waals surface area contributed by atoms with Crippen molar-refractivity contribution >= 4 is 34.1 Å². The van der Waals surface area contributed by atoms with E-state index in [4.69, 9.17) is 4.52 Å². The molecule has 2 heterocycles. The molecule has 1 N–H and O–H groups in total. The Bertz CT molecular complexity index is 901. The van der Waals surface area contributed by atoms with Crippen LogP contribution < -0.4 is 5.32 Å². The summed E-state index contributed by atoms with van der Waals surface area (Å²) in [6.07, 6.45) is 2.40. The Morgan fingerprint density at radius 2 is 2.20 bits per heavy atom. The van der Waals surface area contributed by atoms with Crippen molar-refractivity contribution in [2.75, 3.05) is 5.32 Å². The van der Waals surface area contributed by atoms with E-state index in [-0.39, 0.29) is 5.91 Å². The molecule has 1 fully saturated rings. The summed E-state index contributed by atoms with van der Waals surface area (Å²) in [5.74, 6) is 2.11. The van der Waals surface area contributed by atoms with Crippen LogP contribution in [0.4, 0.5) is 5.13 Å². The molecule has 0 radical (unpaired) electrons. The molecule has 1 amide bonds. The molecule has 1 aliphatic rings. The van der Waals surface area contributed by atoms with Gasteiger partial charge in [0.15, 0.2) is 11.0 Å². The van der Waals surface area contributed by atoms with Gasteiger partial charge < -0.3 is 4.52 Å². The van der Waals surface area contributed by atoms with Crippen molar-refractivity contribution in [1.29, 1.82) is 0 Å². The third-order valence-electron chi connectivity index (χ3n) is 3.79. The number of nitrogens with one attached hydrogen (secondary N) is 1. The molecule has 2 aromatic heterocycles. The number of hydrogen-bond donors (Lipinski definition) is 1. The lowest BCUT2D eigenvalue weighted by Gasteiger charge is -2.07. The minimum atomic E-state index is -0.151. The second kappa shape index (κ2) is 6.97. The van der Waals surface area contributed by atoms with Crippen LogP contribution in [0, 0.1) is 6.92 Å².